The third-order valence-electron chi connectivity index (χ3n) is 5.07. The van der Waals surface area contributed by atoms with E-state index in [0.717, 1.165) is 18.4 Å². The second-order valence-corrected chi connectivity index (χ2v) is 7.67. The van der Waals surface area contributed by atoms with Gasteiger partial charge in [0, 0.05) is 25.2 Å². The number of aliphatic hydroxyl groups is 1. The second kappa shape index (κ2) is 9.93. The van der Waals surface area contributed by atoms with Crippen molar-refractivity contribution in [3.8, 4) is 0 Å². The summed E-state index contributed by atoms with van der Waals surface area (Å²) in [6, 6.07) is 10.7. The lowest BCUT2D eigenvalue weighted by Crippen LogP contribution is -2.48. The number of aliphatic hydroxyl groups excluding tert-OH is 1. The number of carbonyl (C=O) groups is 1. The van der Waals surface area contributed by atoms with E-state index >= 15 is 0 Å². The second-order valence-electron chi connectivity index (χ2n) is 7.67. The van der Waals surface area contributed by atoms with E-state index in [1.54, 1.807) is 0 Å². The maximum Gasteiger partial charge on any atom is 0.237 e. The molecule has 0 aliphatic heterocycles. The molecule has 0 heterocycles. The molecule has 1 amide bonds. The summed E-state index contributed by atoms with van der Waals surface area (Å²) < 4.78 is 0. The molecule has 0 aromatic heterocycles. The van der Waals surface area contributed by atoms with Gasteiger partial charge in [0.1, 0.15) is 0 Å². The van der Waals surface area contributed by atoms with Crippen LogP contribution in [0.3, 0.4) is 0 Å². The summed E-state index contributed by atoms with van der Waals surface area (Å²) in [6.07, 6.45) is 5.62. The van der Waals surface area contributed by atoms with Crippen LogP contribution >= 0.6 is 0 Å². The molecule has 0 spiro atoms. The molecule has 0 saturated heterocycles. The van der Waals surface area contributed by atoms with Crippen molar-refractivity contribution in [3.05, 3.63) is 35.9 Å². The van der Waals surface area contributed by atoms with Gasteiger partial charge in [0.05, 0.1) is 12.6 Å². The van der Waals surface area contributed by atoms with Gasteiger partial charge in [-0.3, -0.25) is 9.69 Å². The van der Waals surface area contributed by atoms with Crippen LogP contribution in [-0.2, 0) is 11.3 Å². The first-order valence-corrected chi connectivity index (χ1v) is 9.73. The van der Waals surface area contributed by atoms with Gasteiger partial charge in [-0.2, -0.15) is 0 Å². The number of hydrogen-bond donors (Lipinski definition) is 1. The molecule has 25 heavy (non-hydrogen) atoms. The van der Waals surface area contributed by atoms with Gasteiger partial charge < -0.3 is 10.0 Å². The lowest BCUT2D eigenvalue weighted by atomic mass is 9.94. The molecule has 1 atom stereocenters. The SMILES string of the molecule is CC(O)CN(CC(=O)N(Cc1ccccc1)C(C)C)C1CCCCC1. The van der Waals surface area contributed by atoms with Crippen molar-refractivity contribution in [3.63, 3.8) is 0 Å². The molecule has 1 aromatic rings. The zero-order valence-electron chi connectivity index (χ0n) is 16.0. The molecule has 1 aromatic carbocycles. The predicted octanol–water partition coefficient (Wildman–Crippen LogP) is 3.44. The van der Waals surface area contributed by atoms with Crippen LogP contribution in [0.15, 0.2) is 30.3 Å². The highest BCUT2D eigenvalue weighted by Gasteiger charge is 2.27. The van der Waals surface area contributed by atoms with Crippen molar-refractivity contribution >= 4 is 5.91 Å². The van der Waals surface area contributed by atoms with E-state index in [0.29, 0.717) is 25.7 Å². The molecule has 1 fully saturated rings. The highest BCUT2D eigenvalue weighted by molar-refractivity contribution is 5.78. The molecule has 1 unspecified atom stereocenters. The monoisotopic (exact) mass is 346 g/mol. The Bertz CT molecular complexity index is 510. The standard InChI is InChI=1S/C21H34N2O2/c1-17(2)23(15-19-10-6-4-7-11-19)21(25)16-22(14-18(3)24)20-12-8-5-9-13-20/h4,6-7,10-11,17-18,20,24H,5,8-9,12-16H2,1-3H3. The molecule has 1 saturated carbocycles. The van der Waals surface area contributed by atoms with Gasteiger partial charge in [-0.05, 0) is 39.2 Å². The fourth-order valence-corrected chi connectivity index (χ4v) is 3.73. The summed E-state index contributed by atoms with van der Waals surface area (Å²) in [5.41, 5.74) is 1.16. The summed E-state index contributed by atoms with van der Waals surface area (Å²) in [4.78, 5) is 17.2. The van der Waals surface area contributed by atoms with Crippen molar-refractivity contribution in [2.45, 2.75) is 77.6 Å². The molecule has 1 N–H and O–H groups in total. The smallest absolute Gasteiger partial charge is 0.237 e. The van der Waals surface area contributed by atoms with Crippen LogP contribution in [0.25, 0.3) is 0 Å². The number of hydrogen-bond acceptors (Lipinski definition) is 3. The molecule has 0 radical (unpaired) electrons. The van der Waals surface area contributed by atoms with Gasteiger partial charge in [0.2, 0.25) is 5.91 Å². The summed E-state index contributed by atoms with van der Waals surface area (Å²) in [6.45, 7) is 7.57. The molecular formula is C21H34N2O2. The first-order chi connectivity index (χ1) is 12.0. The fourth-order valence-electron chi connectivity index (χ4n) is 3.73. The van der Waals surface area contributed by atoms with E-state index in [9.17, 15) is 9.90 Å². The van der Waals surface area contributed by atoms with Gasteiger partial charge in [-0.15, -0.1) is 0 Å². The summed E-state index contributed by atoms with van der Waals surface area (Å²) in [7, 11) is 0. The highest BCUT2D eigenvalue weighted by atomic mass is 16.3. The largest absolute Gasteiger partial charge is 0.392 e. The Kier molecular flexibility index (Phi) is 7.91. The maximum atomic E-state index is 13.0. The van der Waals surface area contributed by atoms with Crippen molar-refractivity contribution < 1.29 is 9.90 Å². The normalized spacial score (nSPS) is 17.0. The Morgan fingerprint density at radius 1 is 1.12 bits per heavy atom. The van der Waals surface area contributed by atoms with Crippen molar-refractivity contribution in [1.29, 1.82) is 0 Å². The minimum Gasteiger partial charge on any atom is -0.392 e. The number of amides is 1. The van der Waals surface area contributed by atoms with E-state index in [4.69, 9.17) is 0 Å². The molecular weight excluding hydrogens is 312 g/mol. The molecule has 1 aliphatic rings. The Labute approximate surface area is 152 Å². The lowest BCUT2D eigenvalue weighted by Gasteiger charge is -2.37. The van der Waals surface area contributed by atoms with E-state index < -0.39 is 6.10 Å². The lowest BCUT2D eigenvalue weighted by molar-refractivity contribution is -0.136. The van der Waals surface area contributed by atoms with E-state index in [1.807, 2.05) is 30.0 Å². The van der Waals surface area contributed by atoms with Gasteiger partial charge in [-0.1, -0.05) is 49.6 Å². The maximum absolute atomic E-state index is 13.0. The Morgan fingerprint density at radius 3 is 2.32 bits per heavy atom. The molecule has 4 nitrogen and oxygen atoms in total. The summed E-state index contributed by atoms with van der Waals surface area (Å²) >= 11 is 0. The molecule has 4 heteroatoms. The minimum absolute atomic E-state index is 0.157. The third-order valence-corrected chi connectivity index (χ3v) is 5.07. The van der Waals surface area contributed by atoms with Crippen LogP contribution < -0.4 is 0 Å². The van der Waals surface area contributed by atoms with Crippen molar-refractivity contribution in [2.75, 3.05) is 13.1 Å². The third kappa shape index (κ3) is 6.44. The van der Waals surface area contributed by atoms with Gasteiger partial charge in [-0.25, -0.2) is 0 Å². The van der Waals surface area contributed by atoms with Crippen LogP contribution in [0.5, 0.6) is 0 Å². The number of carbonyl (C=O) groups excluding carboxylic acids is 1. The predicted molar refractivity (Wildman–Crippen MR) is 102 cm³/mol. The van der Waals surface area contributed by atoms with Crippen molar-refractivity contribution in [1.82, 2.24) is 9.80 Å². The average Bonchev–Trinajstić information content (AvgIpc) is 2.60. The van der Waals surface area contributed by atoms with Gasteiger partial charge in [0.25, 0.3) is 0 Å². The average molecular weight is 347 g/mol. The van der Waals surface area contributed by atoms with E-state index in [-0.39, 0.29) is 11.9 Å². The first-order valence-electron chi connectivity index (χ1n) is 9.73. The Morgan fingerprint density at radius 2 is 1.76 bits per heavy atom. The van der Waals surface area contributed by atoms with Crippen LogP contribution in [0, 0.1) is 0 Å². The fraction of sp³-hybridized carbons (Fsp3) is 0.667. The number of rotatable bonds is 8. The molecule has 2 rings (SSSR count). The van der Waals surface area contributed by atoms with E-state index in [2.05, 4.69) is 30.9 Å². The van der Waals surface area contributed by atoms with E-state index in [1.165, 1.54) is 19.3 Å². The number of nitrogens with zero attached hydrogens (tertiary/aromatic N) is 2. The minimum atomic E-state index is -0.406. The number of benzene rings is 1. The topological polar surface area (TPSA) is 43.8 Å². The molecule has 1 aliphatic carbocycles. The highest BCUT2D eigenvalue weighted by Crippen LogP contribution is 2.23. The van der Waals surface area contributed by atoms with Crippen LogP contribution in [0.4, 0.5) is 0 Å². The summed E-state index contributed by atoms with van der Waals surface area (Å²) in [5, 5.41) is 9.88. The summed E-state index contributed by atoms with van der Waals surface area (Å²) in [5.74, 6) is 0.157. The molecule has 0 bridgehead atoms. The van der Waals surface area contributed by atoms with Gasteiger partial charge in [0.15, 0.2) is 0 Å². The Balaban J connectivity index is 2.04. The Hall–Kier alpha value is -1.39. The molecule has 140 valence electrons. The zero-order valence-corrected chi connectivity index (χ0v) is 16.0. The van der Waals surface area contributed by atoms with Crippen LogP contribution in [0.1, 0.15) is 58.4 Å². The van der Waals surface area contributed by atoms with Crippen LogP contribution in [0.2, 0.25) is 0 Å². The first kappa shape index (κ1) is 19.9. The van der Waals surface area contributed by atoms with Crippen LogP contribution in [-0.4, -0.2) is 52.1 Å². The van der Waals surface area contributed by atoms with Crippen molar-refractivity contribution in [2.24, 2.45) is 0 Å². The quantitative estimate of drug-likeness (QED) is 0.784. The van der Waals surface area contributed by atoms with Gasteiger partial charge >= 0.3 is 0 Å². The zero-order chi connectivity index (χ0) is 18.2.